The highest BCUT2D eigenvalue weighted by Crippen LogP contribution is 2.37. The summed E-state index contributed by atoms with van der Waals surface area (Å²) in [6, 6.07) is 17.9. The van der Waals surface area contributed by atoms with E-state index in [0.29, 0.717) is 6.61 Å². The predicted octanol–water partition coefficient (Wildman–Crippen LogP) is 5.83. The molecule has 0 unspecified atom stereocenters. The molecule has 1 heterocycles. The van der Waals surface area contributed by atoms with Crippen LogP contribution in [0.15, 0.2) is 60.2 Å². The van der Waals surface area contributed by atoms with Crippen molar-refractivity contribution in [3.8, 4) is 33.9 Å². The Labute approximate surface area is 183 Å². The lowest BCUT2D eigenvalue weighted by Crippen LogP contribution is -2.15. The van der Waals surface area contributed by atoms with Crippen molar-refractivity contribution in [2.75, 3.05) is 20.8 Å². The summed E-state index contributed by atoms with van der Waals surface area (Å²) in [6.07, 6.45) is 2.08. The van der Waals surface area contributed by atoms with Gasteiger partial charge in [-0.3, -0.25) is 4.79 Å². The van der Waals surface area contributed by atoms with E-state index in [1.807, 2.05) is 73.9 Å². The number of carbonyl (C=O) groups is 1. The summed E-state index contributed by atoms with van der Waals surface area (Å²) in [5.41, 5.74) is 6.11. The molecule has 0 spiro atoms. The molecule has 0 atom stereocenters. The van der Waals surface area contributed by atoms with Gasteiger partial charge in [-0.15, -0.1) is 0 Å². The number of hydrogen-bond acceptors (Lipinski definition) is 4. The van der Waals surface area contributed by atoms with Gasteiger partial charge in [-0.05, 0) is 80.4 Å². The molecule has 0 radical (unpaired) electrons. The Hall–Kier alpha value is -3.47. The average molecular weight is 420 g/mol. The zero-order chi connectivity index (χ0) is 22.4. The van der Waals surface area contributed by atoms with Crippen molar-refractivity contribution >= 4 is 12.0 Å². The van der Waals surface area contributed by atoms with E-state index < -0.39 is 0 Å². The van der Waals surface area contributed by atoms with Gasteiger partial charge in [0.2, 0.25) is 0 Å². The Morgan fingerprint density at radius 2 is 1.45 bits per heavy atom. The lowest BCUT2D eigenvalue weighted by atomic mass is 10.0. The molecule has 2 aromatic carbocycles. The fourth-order valence-corrected chi connectivity index (χ4v) is 3.54. The summed E-state index contributed by atoms with van der Waals surface area (Å²) in [4.78, 5) is 12.5. The molecule has 0 aliphatic carbocycles. The number of nitrogens with zero attached hydrogens (tertiary/aromatic N) is 1. The third kappa shape index (κ3) is 5.18. The SMILES string of the molecule is CCOC(=O)Cn1c(C=C(C)C)cc(-c2ccc(OC)cc2)c1-c1ccc(OC)cc1. The normalized spacial score (nSPS) is 10.5. The molecule has 0 saturated heterocycles. The molecule has 0 fully saturated rings. The van der Waals surface area contributed by atoms with Crippen LogP contribution >= 0.6 is 0 Å². The number of aromatic nitrogens is 1. The molecule has 0 bridgehead atoms. The van der Waals surface area contributed by atoms with Crippen LogP contribution in [0, 0.1) is 0 Å². The maximum atomic E-state index is 12.5. The van der Waals surface area contributed by atoms with E-state index in [4.69, 9.17) is 14.2 Å². The van der Waals surface area contributed by atoms with Crippen LogP contribution < -0.4 is 9.47 Å². The molecule has 1 aromatic heterocycles. The van der Waals surface area contributed by atoms with Crippen LogP contribution in [-0.4, -0.2) is 31.4 Å². The summed E-state index contributed by atoms with van der Waals surface area (Å²) in [5.74, 6) is 1.31. The average Bonchev–Trinajstić information content (AvgIpc) is 3.11. The van der Waals surface area contributed by atoms with Crippen LogP contribution in [0.4, 0.5) is 0 Å². The molecule has 0 aliphatic heterocycles. The summed E-state index contributed by atoms with van der Waals surface area (Å²) in [6.45, 7) is 6.38. The van der Waals surface area contributed by atoms with Gasteiger partial charge in [-0.2, -0.15) is 0 Å². The molecule has 5 heteroatoms. The summed E-state index contributed by atoms with van der Waals surface area (Å²) >= 11 is 0. The Morgan fingerprint density at radius 1 is 0.903 bits per heavy atom. The van der Waals surface area contributed by atoms with Gasteiger partial charge < -0.3 is 18.8 Å². The Morgan fingerprint density at radius 3 is 1.94 bits per heavy atom. The van der Waals surface area contributed by atoms with E-state index >= 15 is 0 Å². The van der Waals surface area contributed by atoms with Crippen LogP contribution in [0.3, 0.4) is 0 Å². The second kappa shape index (κ2) is 10.0. The van der Waals surface area contributed by atoms with Gasteiger partial charge in [0.1, 0.15) is 18.0 Å². The summed E-state index contributed by atoms with van der Waals surface area (Å²) < 4.78 is 17.9. The molecular formula is C26H29NO4. The topological polar surface area (TPSA) is 49.7 Å². The molecule has 3 rings (SSSR count). The molecular weight excluding hydrogens is 390 g/mol. The predicted molar refractivity (Wildman–Crippen MR) is 124 cm³/mol. The zero-order valence-electron chi connectivity index (χ0n) is 18.8. The number of methoxy groups -OCH3 is 2. The van der Waals surface area contributed by atoms with Crippen molar-refractivity contribution in [1.82, 2.24) is 4.57 Å². The second-order valence-electron chi connectivity index (χ2n) is 7.40. The molecule has 31 heavy (non-hydrogen) atoms. The largest absolute Gasteiger partial charge is 0.497 e. The van der Waals surface area contributed by atoms with E-state index in [1.165, 1.54) is 0 Å². The van der Waals surface area contributed by atoms with Crippen molar-refractivity contribution in [2.45, 2.75) is 27.3 Å². The zero-order valence-corrected chi connectivity index (χ0v) is 18.8. The Bertz CT molecular complexity index is 1060. The fraction of sp³-hybridized carbons (Fsp3) is 0.269. The summed E-state index contributed by atoms with van der Waals surface area (Å²) in [7, 11) is 3.30. The number of carbonyl (C=O) groups excluding carboxylic acids is 1. The first-order chi connectivity index (χ1) is 15.0. The highest BCUT2D eigenvalue weighted by molar-refractivity contribution is 5.86. The minimum Gasteiger partial charge on any atom is -0.497 e. The minimum absolute atomic E-state index is 0.129. The first-order valence-corrected chi connectivity index (χ1v) is 10.3. The smallest absolute Gasteiger partial charge is 0.325 e. The number of esters is 1. The van der Waals surface area contributed by atoms with E-state index in [-0.39, 0.29) is 12.5 Å². The Kier molecular flexibility index (Phi) is 7.19. The summed E-state index contributed by atoms with van der Waals surface area (Å²) in [5, 5.41) is 0. The Balaban J connectivity index is 2.25. The van der Waals surface area contributed by atoms with Crippen molar-refractivity contribution in [1.29, 1.82) is 0 Å². The molecule has 162 valence electrons. The highest BCUT2D eigenvalue weighted by atomic mass is 16.5. The van der Waals surface area contributed by atoms with Crippen LogP contribution in [0.25, 0.3) is 28.5 Å². The third-order valence-electron chi connectivity index (χ3n) is 4.92. The van der Waals surface area contributed by atoms with Gasteiger partial charge in [0, 0.05) is 11.3 Å². The van der Waals surface area contributed by atoms with Gasteiger partial charge >= 0.3 is 5.97 Å². The van der Waals surface area contributed by atoms with Crippen molar-refractivity contribution in [3.05, 3.63) is 65.9 Å². The number of benzene rings is 2. The number of rotatable bonds is 8. The molecule has 0 saturated carbocycles. The lowest BCUT2D eigenvalue weighted by Gasteiger charge is -2.14. The highest BCUT2D eigenvalue weighted by Gasteiger charge is 2.20. The van der Waals surface area contributed by atoms with E-state index in [2.05, 4.69) is 12.1 Å². The number of allylic oxidation sites excluding steroid dienone is 1. The molecule has 0 aliphatic rings. The monoisotopic (exact) mass is 419 g/mol. The minimum atomic E-state index is -0.266. The first-order valence-electron chi connectivity index (χ1n) is 10.3. The van der Waals surface area contributed by atoms with Gasteiger partial charge in [0.15, 0.2) is 0 Å². The maximum absolute atomic E-state index is 12.5. The van der Waals surface area contributed by atoms with Crippen LogP contribution in [0.2, 0.25) is 0 Å². The van der Waals surface area contributed by atoms with Gasteiger partial charge in [0.05, 0.1) is 26.5 Å². The van der Waals surface area contributed by atoms with Crippen LogP contribution in [0.1, 0.15) is 26.5 Å². The standard InChI is InChI=1S/C26H29NO4/c1-6-31-25(28)17-27-21(15-18(2)3)16-24(19-7-11-22(29-4)12-8-19)26(27)20-9-13-23(30-5)14-10-20/h7-16H,6,17H2,1-5H3. The van der Waals surface area contributed by atoms with Gasteiger partial charge in [0.25, 0.3) is 0 Å². The maximum Gasteiger partial charge on any atom is 0.325 e. The van der Waals surface area contributed by atoms with Gasteiger partial charge in [-0.1, -0.05) is 17.7 Å². The van der Waals surface area contributed by atoms with Crippen molar-refractivity contribution in [2.24, 2.45) is 0 Å². The van der Waals surface area contributed by atoms with E-state index in [9.17, 15) is 4.79 Å². The van der Waals surface area contributed by atoms with Crippen molar-refractivity contribution < 1.29 is 19.0 Å². The molecule has 5 nitrogen and oxygen atoms in total. The molecule has 3 aromatic rings. The van der Waals surface area contributed by atoms with E-state index in [1.54, 1.807) is 14.2 Å². The first kappa shape index (κ1) is 22.2. The van der Waals surface area contributed by atoms with E-state index in [0.717, 1.165) is 45.2 Å². The quantitative estimate of drug-likeness (QED) is 0.431. The third-order valence-corrected chi connectivity index (χ3v) is 4.92. The second-order valence-corrected chi connectivity index (χ2v) is 7.40. The number of ether oxygens (including phenoxy) is 3. The molecule has 0 amide bonds. The number of hydrogen-bond donors (Lipinski definition) is 0. The fourth-order valence-electron chi connectivity index (χ4n) is 3.54. The van der Waals surface area contributed by atoms with Gasteiger partial charge in [-0.25, -0.2) is 0 Å². The van der Waals surface area contributed by atoms with Crippen LogP contribution in [-0.2, 0) is 16.1 Å². The van der Waals surface area contributed by atoms with Crippen molar-refractivity contribution in [3.63, 3.8) is 0 Å². The lowest BCUT2D eigenvalue weighted by molar-refractivity contribution is -0.143. The van der Waals surface area contributed by atoms with Crippen LogP contribution in [0.5, 0.6) is 11.5 Å². The molecule has 0 N–H and O–H groups in total.